The lowest BCUT2D eigenvalue weighted by Gasteiger charge is -2.07. The van der Waals surface area contributed by atoms with Gasteiger partial charge < -0.3 is 0 Å². The van der Waals surface area contributed by atoms with Crippen molar-refractivity contribution in [1.29, 1.82) is 0 Å². The third-order valence-corrected chi connectivity index (χ3v) is 6.44. The smallest absolute Gasteiger partial charge is 0.225 e. The zero-order valence-electron chi connectivity index (χ0n) is 16.9. The van der Waals surface area contributed by atoms with Gasteiger partial charge in [-0.3, -0.25) is 0 Å². The van der Waals surface area contributed by atoms with Crippen LogP contribution in [0.2, 0.25) is 0 Å². The van der Waals surface area contributed by atoms with Crippen LogP contribution >= 0.6 is 0 Å². The Balaban J connectivity index is 1.92. The minimum absolute atomic E-state index is 0.828. The molecule has 0 unspecified atom stereocenters. The first-order valence-electron chi connectivity index (χ1n) is 10.1. The van der Waals surface area contributed by atoms with Crippen LogP contribution in [-0.4, -0.2) is 28.2 Å². The number of aryl methyl sites for hydroxylation is 2. The molecule has 7 rings (SSSR count). The Kier molecular flexibility index (Phi) is 2.74. The molecular formula is C24H18N6. The van der Waals surface area contributed by atoms with Crippen LogP contribution in [0.25, 0.3) is 50.4 Å². The van der Waals surface area contributed by atoms with E-state index in [4.69, 9.17) is 15.0 Å². The molecule has 0 atom stereocenters. The molecule has 0 saturated heterocycles. The first-order chi connectivity index (χ1) is 14.6. The molecule has 30 heavy (non-hydrogen) atoms. The van der Waals surface area contributed by atoms with Crippen LogP contribution in [0.5, 0.6) is 0 Å². The van der Waals surface area contributed by atoms with Crippen LogP contribution in [0.15, 0.2) is 54.6 Å². The Hall–Kier alpha value is -3.93. The summed E-state index contributed by atoms with van der Waals surface area (Å²) in [6, 6.07) is 18.7. The summed E-state index contributed by atoms with van der Waals surface area (Å²) in [5.41, 5.74) is 9.80. The number of fused-ring (bicyclic) bond motifs is 12. The highest BCUT2D eigenvalue weighted by Gasteiger charge is 2.21. The van der Waals surface area contributed by atoms with Gasteiger partial charge in [-0.05, 0) is 67.8 Å². The summed E-state index contributed by atoms with van der Waals surface area (Å²) < 4.78 is 6.48. The standard InChI is InChI=1S/C24H18N6/c1-13-12-20-21(15(3)14(13)2)27-24-29-19-11-7-5-9-17(19)25-22(29)28-18-10-6-4-8-16(18)26-23(28)30(20)24/h4-12H,1-3H3. The van der Waals surface area contributed by atoms with E-state index < -0.39 is 0 Å². The summed E-state index contributed by atoms with van der Waals surface area (Å²) in [7, 11) is 0. The monoisotopic (exact) mass is 390 g/mol. The zero-order valence-corrected chi connectivity index (χ0v) is 16.9. The molecule has 0 aliphatic carbocycles. The summed E-state index contributed by atoms with van der Waals surface area (Å²) in [6.07, 6.45) is 0. The van der Waals surface area contributed by atoms with Crippen LogP contribution in [0.3, 0.4) is 0 Å². The average molecular weight is 390 g/mol. The van der Waals surface area contributed by atoms with Crippen molar-refractivity contribution in [2.45, 2.75) is 20.8 Å². The largest absolute Gasteiger partial charge is 0.247 e. The van der Waals surface area contributed by atoms with Gasteiger partial charge in [0.15, 0.2) is 0 Å². The highest BCUT2D eigenvalue weighted by Crippen LogP contribution is 2.31. The van der Waals surface area contributed by atoms with E-state index in [-0.39, 0.29) is 0 Å². The van der Waals surface area contributed by atoms with Crippen LogP contribution in [0, 0.1) is 20.8 Å². The maximum Gasteiger partial charge on any atom is 0.225 e. The molecule has 4 heterocycles. The lowest BCUT2D eigenvalue weighted by molar-refractivity contribution is 1.01. The molecule has 6 heteroatoms. The molecule has 0 aliphatic heterocycles. The van der Waals surface area contributed by atoms with Gasteiger partial charge in [-0.25, -0.2) is 28.2 Å². The summed E-state index contributed by atoms with van der Waals surface area (Å²) in [5, 5.41) is 0. The molecule has 3 aromatic carbocycles. The van der Waals surface area contributed by atoms with Gasteiger partial charge in [-0.2, -0.15) is 0 Å². The lowest BCUT2D eigenvalue weighted by Crippen LogP contribution is -2.04. The van der Waals surface area contributed by atoms with Crippen LogP contribution in [0.1, 0.15) is 16.7 Å². The summed E-state index contributed by atoms with van der Waals surface area (Å²) in [4.78, 5) is 15.1. The molecule has 0 saturated carbocycles. The summed E-state index contributed by atoms with van der Waals surface area (Å²) >= 11 is 0. The van der Waals surface area contributed by atoms with Gasteiger partial charge in [0.05, 0.1) is 33.1 Å². The molecule has 0 aliphatic rings. The molecule has 4 aromatic heterocycles. The summed E-state index contributed by atoms with van der Waals surface area (Å²) in [5.74, 6) is 2.50. The van der Waals surface area contributed by atoms with Crippen molar-refractivity contribution in [1.82, 2.24) is 28.2 Å². The zero-order chi connectivity index (χ0) is 20.1. The number of hydrogen-bond acceptors (Lipinski definition) is 3. The quantitative estimate of drug-likeness (QED) is 0.366. The van der Waals surface area contributed by atoms with Crippen LogP contribution < -0.4 is 0 Å². The predicted molar refractivity (Wildman–Crippen MR) is 119 cm³/mol. The Morgan fingerprint density at radius 3 is 1.67 bits per heavy atom. The number of rotatable bonds is 0. The highest BCUT2D eigenvalue weighted by atomic mass is 15.3. The van der Waals surface area contributed by atoms with Gasteiger partial charge in [-0.15, -0.1) is 0 Å². The fourth-order valence-electron chi connectivity index (χ4n) is 4.68. The van der Waals surface area contributed by atoms with Gasteiger partial charge in [0.1, 0.15) is 0 Å². The van der Waals surface area contributed by atoms with Crippen molar-refractivity contribution in [3.63, 3.8) is 0 Å². The second-order valence-corrected chi connectivity index (χ2v) is 8.03. The maximum atomic E-state index is 5.12. The van der Waals surface area contributed by atoms with Gasteiger partial charge in [0.2, 0.25) is 17.3 Å². The third kappa shape index (κ3) is 1.73. The first-order valence-corrected chi connectivity index (χ1v) is 10.1. The van der Waals surface area contributed by atoms with Crippen molar-refractivity contribution in [3.05, 3.63) is 71.3 Å². The molecule has 0 amide bonds. The van der Waals surface area contributed by atoms with Crippen molar-refractivity contribution >= 4 is 50.4 Å². The number of benzene rings is 3. The fraction of sp³-hybridized carbons (Fsp3) is 0.125. The minimum Gasteiger partial charge on any atom is -0.247 e. The minimum atomic E-state index is 0.828. The molecule has 0 bridgehead atoms. The molecular weight excluding hydrogens is 372 g/mol. The predicted octanol–water partition coefficient (Wildman–Crippen LogP) is 5.01. The first kappa shape index (κ1) is 15.9. The Bertz CT molecular complexity index is 1830. The topological polar surface area (TPSA) is 51.9 Å². The average Bonchev–Trinajstić information content (AvgIpc) is 3.42. The molecule has 0 radical (unpaired) electrons. The molecule has 144 valence electrons. The van der Waals surface area contributed by atoms with E-state index in [1.807, 2.05) is 36.4 Å². The normalized spacial score (nSPS) is 12.5. The number of hydrogen-bond donors (Lipinski definition) is 0. The van der Waals surface area contributed by atoms with E-state index in [0.717, 1.165) is 50.4 Å². The molecule has 0 spiro atoms. The van der Waals surface area contributed by atoms with E-state index in [1.165, 1.54) is 16.7 Å². The summed E-state index contributed by atoms with van der Waals surface area (Å²) in [6.45, 7) is 6.47. The molecule has 0 N–H and O–H groups in total. The fourth-order valence-corrected chi connectivity index (χ4v) is 4.68. The van der Waals surface area contributed by atoms with Gasteiger partial charge >= 0.3 is 0 Å². The number of nitrogens with zero attached hydrogens (tertiary/aromatic N) is 6. The van der Waals surface area contributed by atoms with Gasteiger partial charge in [0.25, 0.3) is 0 Å². The Morgan fingerprint density at radius 1 is 0.567 bits per heavy atom. The second-order valence-electron chi connectivity index (χ2n) is 8.03. The highest BCUT2D eigenvalue weighted by molar-refractivity contribution is 5.92. The van der Waals surface area contributed by atoms with E-state index >= 15 is 0 Å². The lowest BCUT2D eigenvalue weighted by atomic mass is 10.0. The van der Waals surface area contributed by atoms with Gasteiger partial charge in [0, 0.05) is 0 Å². The van der Waals surface area contributed by atoms with E-state index in [0.29, 0.717) is 0 Å². The van der Waals surface area contributed by atoms with E-state index in [9.17, 15) is 0 Å². The second kappa shape index (κ2) is 5.16. The van der Waals surface area contributed by atoms with Crippen molar-refractivity contribution in [3.8, 4) is 0 Å². The van der Waals surface area contributed by atoms with Gasteiger partial charge in [-0.1, -0.05) is 24.3 Å². The third-order valence-electron chi connectivity index (χ3n) is 6.44. The maximum absolute atomic E-state index is 5.12. The Labute approximate surface area is 171 Å². The molecule has 0 fully saturated rings. The van der Waals surface area contributed by atoms with E-state index in [1.54, 1.807) is 0 Å². The van der Waals surface area contributed by atoms with Crippen molar-refractivity contribution < 1.29 is 0 Å². The SMILES string of the molecule is Cc1cc2c(nc3n4c5ccccc5nc4n4c5ccccc5nc4n23)c(C)c1C. The molecule has 6 nitrogen and oxygen atoms in total. The number of para-hydroxylation sites is 4. The van der Waals surface area contributed by atoms with Crippen molar-refractivity contribution in [2.24, 2.45) is 0 Å². The number of aromatic nitrogens is 6. The van der Waals surface area contributed by atoms with E-state index in [2.05, 4.69) is 52.2 Å². The van der Waals surface area contributed by atoms with Crippen molar-refractivity contribution in [2.75, 3.05) is 0 Å². The Morgan fingerprint density at radius 2 is 1.07 bits per heavy atom. The molecule has 7 aromatic rings. The number of imidazole rings is 3. The van der Waals surface area contributed by atoms with Crippen LogP contribution in [0.4, 0.5) is 0 Å². The van der Waals surface area contributed by atoms with Crippen LogP contribution in [-0.2, 0) is 0 Å².